The van der Waals surface area contributed by atoms with E-state index in [4.69, 9.17) is 5.73 Å². The molecule has 0 saturated heterocycles. The summed E-state index contributed by atoms with van der Waals surface area (Å²) in [5, 5.41) is 0.610. The minimum atomic E-state index is 0.610. The molecule has 0 aromatic carbocycles. The summed E-state index contributed by atoms with van der Waals surface area (Å²) in [4.78, 5) is 4.97. The SMILES string of the molecule is Nc1ncc(C=CCS)s1. The van der Waals surface area contributed by atoms with Gasteiger partial charge in [0.25, 0.3) is 0 Å². The topological polar surface area (TPSA) is 38.9 Å². The number of anilines is 1. The molecule has 0 amide bonds. The van der Waals surface area contributed by atoms with E-state index in [9.17, 15) is 0 Å². The van der Waals surface area contributed by atoms with Gasteiger partial charge in [0.2, 0.25) is 0 Å². The average Bonchev–Trinajstić information content (AvgIpc) is 2.31. The maximum Gasteiger partial charge on any atom is 0.180 e. The van der Waals surface area contributed by atoms with Crippen LogP contribution in [-0.4, -0.2) is 10.7 Å². The normalized spacial score (nSPS) is 10.9. The van der Waals surface area contributed by atoms with Crippen molar-refractivity contribution >= 4 is 35.2 Å². The lowest BCUT2D eigenvalue weighted by Crippen LogP contribution is -1.77. The van der Waals surface area contributed by atoms with Crippen LogP contribution in [0.5, 0.6) is 0 Å². The molecule has 54 valence electrons. The number of thiol groups is 1. The third kappa shape index (κ3) is 2.04. The molecule has 2 N–H and O–H groups in total. The van der Waals surface area contributed by atoms with E-state index in [0.29, 0.717) is 5.13 Å². The third-order valence-electron chi connectivity index (χ3n) is 0.929. The van der Waals surface area contributed by atoms with E-state index >= 15 is 0 Å². The molecule has 0 aliphatic carbocycles. The molecule has 0 spiro atoms. The Morgan fingerprint density at radius 1 is 1.80 bits per heavy atom. The molecule has 4 heteroatoms. The number of nitrogens with zero attached hydrogens (tertiary/aromatic N) is 1. The van der Waals surface area contributed by atoms with Gasteiger partial charge in [0, 0.05) is 16.8 Å². The second-order valence-electron chi connectivity index (χ2n) is 1.69. The molecule has 10 heavy (non-hydrogen) atoms. The first-order chi connectivity index (χ1) is 4.83. The Bertz CT molecular complexity index is 229. The molecule has 0 unspecified atom stereocenters. The molecule has 1 aromatic rings. The predicted octanol–water partition coefficient (Wildman–Crippen LogP) is 1.67. The van der Waals surface area contributed by atoms with Gasteiger partial charge in [-0.05, 0) is 6.08 Å². The van der Waals surface area contributed by atoms with Crippen molar-refractivity contribution in [2.45, 2.75) is 0 Å². The van der Waals surface area contributed by atoms with E-state index in [1.807, 2.05) is 12.2 Å². The van der Waals surface area contributed by atoms with E-state index in [2.05, 4.69) is 17.6 Å². The highest BCUT2D eigenvalue weighted by molar-refractivity contribution is 7.80. The van der Waals surface area contributed by atoms with Crippen molar-refractivity contribution in [2.24, 2.45) is 0 Å². The third-order valence-corrected chi connectivity index (χ3v) is 1.93. The first-order valence-electron chi connectivity index (χ1n) is 2.81. The molecule has 0 saturated carbocycles. The zero-order valence-corrected chi connectivity index (χ0v) is 7.03. The molecule has 2 nitrogen and oxygen atoms in total. The lowest BCUT2D eigenvalue weighted by Gasteiger charge is -1.78. The van der Waals surface area contributed by atoms with Crippen LogP contribution >= 0.6 is 24.0 Å². The van der Waals surface area contributed by atoms with Crippen LogP contribution in [0, 0.1) is 0 Å². The summed E-state index contributed by atoms with van der Waals surface area (Å²) in [5.41, 5.74) is 5.40. The highest BCUT2D eigenvalue weighted by atomic mass is 32.1. The fraction of sp³-hybridized carbons (Fsp3) is 0.167. The van der Waals surface area contributed by atoms with Gasteiger partial charge in [0.1, 0.15) is 0 Å². The van der Waals surface area contributed by atoms with Gasteiger partial charge >= 0.3 is 0 Å². The van der Waals surface area contributed by atoms with Crippen LogP contribution in [0.25, 0.3) is 6.08 Å². The van der Waals surface area contributed by atoms with Crippen LogP contribution in [0.4, 0.5) is 5.13 Å². The number of aromatic nitrogens is 1. The molecule has 1 heterocycles. The fourth-order valence-electron chi connectivity index (χ4n) is 0.547. The number of nitrogens with two attached hydrogens (primary N) is 1. The Balaban J connectivity index is 2.67. The number of thiazole rings is 1. The standard InChI is InChI=1S/C6H8N2S2/c7-6-8-4-5(10-6)2-1-3-9/h1-2,4,9H,3H2,(H2,7,8). The zero-order valence-electron chi connectivity index (χ0n) is 5.32. The molecule has 0 radical (unpaired) electrons. The van der Waals surface area contributed by atoms with Crippen molar-refractivity contribution in [1.82, 2.24) is 4.98 Å². The van der Waals surface area contributed by atoms with Gasteiger partial charge in [0.05, 0.1) is 0 Å². The highest BCUT2D eigenvalue weighted by Gasteiger charge is 1.90. The van der Waals surface area contributed by atoms with Crippen LogP contribution < -0.4 is 5.73 Å². The summed E-state index contributed by atoms with van der Waals surface area (Å²) in [6.45, 7) is 0. The van der Waals surface area contributed by atoms with Crippen LogP contribution in [0.15, 0.2) is 12.3 Å². The van der Waals surface area contributed by atoms with Crippen molar-refractivity contribution in [2.75, 3.05) is 11.5 Å². The number of hydrogen-bond acceptors (Lipinski definition) is 4. The van der Waals surface area contributed by atoms with Gasteiger partial charge in [-0.3, -0.25) is 0 Å². The summed E-state index contributed by atoms with van der Waals surface area (Å²) in [6, 6.07) is 0. The van der Waals surface area contributed by atoms with E-state index in [-0.39, 0.29) is 0 Å². The second-order valence-corrected chi connectivity index (χ2v) is 3.14. The van der Waals surface area contributed by atoms with Gasteiger partial charge in [-0.15, -0.1) is 0 Å². The molecule has 1 aromatic heterocycles. The fourth-order valence-corrected chi connectivity index (χ4v) is 1.27. The van der Waals surface area contributed by atoms with E-state index in [0.717, 1.165) is 10.6 Å². The largest absolute Gasteiger partial charge is 0.375 e. The Morgan fingerprint density at radius 3 is 3.10 bits per heavy atom. The molecular formula is C6H8N2S2. The molecule has 1 rings (SSSR count). The number of hydrogen-bond donors (Lipinski definition) is 2. The first kappa shape index (κ1) is 7.63. The Morgan fingerprint density at radius 2 is 2.60 bits per heavy atom. The zero-order chi connectivity index (χ0) is 7.40. The maximum atomic E-state index is 5.40. The van der Waals surface area contributed by atoms with E-state index in [1.165, 1.54) is 11.3 Å². The predicted molar refractivity (Wildman–Crippen MR) is 49.4 cm³/mol. The maximum absolute atomic E-state index is 5.40. The van der Waals surface area contributed by atoms with Crippen LogP contribution in [0.3, 0.4) is 0 Å². The van der Waals surface area contributed by atoms with Crippen molar-refractivity contribution < 1.29 is 0 Å². The van der Waals surface area contributed by atoms with E-state index < -0.39 is 0 Å². The summed E-state index contributed by atoms with van der Waals surface area (Å²) >= 11 is 5.50. The Kier molecular flexibility index (Phi) is 2.77. The molecular weight excluding hydrogens is 164 g/mol. The summed E-state index contributed by atoms with van der Waals surface area (Å²) in [6.07, 6.45) is 5.66. The molecule has 0 fully saturated rings. The average molecular weight is 172 g/mol. The number of nitrogen functional groups attached to an aromatic ring is 1. The van der Waals surface area contributed by atoms with Gasteiger partial charge < -0.3 is 5.73 Å². The minimum absolute atomic E-state index is 0.610. The lowest BCUT2D eigenvalue weighted by atomic mass is 10.5. The summed E-state index contributed by atoms with van der Waals surface area (Å²) in [5.74, 6) is 0.748. The van der Waals surface area contributed by atoms with Crippen molar-refractivity contribution in [3.63, 3.8) is 0 Å². The minimum Gasteiger partial charge on any atom is -0.375 e. The Hall–Kier alpha value is -0.480. The van der Waals surface area contributed by atoms with Crippen molar-refractivity contribution in [3.8, 4) is 0 Å². The second kappa shape index (κ2) is 3.63. The lowest BCUT2D eigenvalue weighted by molar-refractivity contribution is 1.42. The first-order valence-corrected chi connectivity index (χ1v) is 4.26. The highest BCUT2D eigenvalue weighted by Crippen LogP contribution is 2.15. The van der Waals surface area contributed by atoms with Crippen LogP contribution in [0.1, 0.15) is 4.88 Å². The summed E-state index contributed by atoms with van der Waals surface area (Å²) < 4.78 is 0. The van der Waals surface area contributed by atoms with Gasteiger partial charge in [-0.1, -0.05) is 17.4 Å². The smallest absolute Gasteiger partial charge is 0.180 e. The molecule has 0 aliphatic rings. The van der Waals surface area contributed by atoms with Gasteiger partial charge in [0.15, 0.2) is 5.13 Å². The number of rotatable bonds is 2. The van der Waals surface area contributed by atoms with Gasteiger partial charge in [-0.25, -0.2) is 4.98 Å². The van der Waals surface area contributed by atoms with Crippen molar-refractivity contribution in [1.29, 1.82) is 0 Å². The van der Waals surface area contributed by atoms with Crippen molar-refractivity contribution in [3.05, 3.63) is 17.2 Å². The summed E-state index contributed by atoms with van der Waals surface area (Å²) in [7, 11) is 0. The molecule has 0 atom stereocenters. The molecule has 0 bridgehead atoms. The van der Waals surface area contributed by atoms with Crippen LogP contribution in [-0.2, 0) is 0 Å². The van der Waals surface area contributed by atoms with E-state index in [1.54, 1.807) is 6.20 Å². The Labute approximate surface area is 69.2 Å². The monoisotopic (exact) mass is 172 g/mol. The quantitative estimate of drug-likeness (QED) is 0.666. The molecule has 0 aliphatic heterocycles. The van der Waals surface area contributed by atoms with Crippen LogP contribution in [0.2, 0.25) is 0 Å². The van der Waals surface area contributed by atoms with Gasteiger partial charge in [-0.2, -0.15) is 12.6 Å².